The molecule has 0 aliphatic rings. The molecule has 0 radical (unpaired) electrons. The number of nitro benzene ring substituents is 1. The van der Waals surface area contributed by atoms with Gasteiger partial charge in [-0.2, -0.15) is 22.0 Å². The molecule has 2 rings (SSSR count). The fourth-order valence-corrected chi connectivity index (χ4v) is 2.61. The lowest BCUT2D eigenvalue weighted by atomic mass is 9.78. The molecule has 2 aromatic carbocycles. The maximum atomic E-state index is 14.4. The van der Waals surface area contributed by atoms with Crippen LogP contribution >= 0.6 is 0 Å². The minimum atomic E-state index is -6.15. The van der Waals surface area contributed by atoms with E-state index in [-0.39, 0.29) is 5.56 Å². The summed E-state index contributed by atoms with van der Waals surface area (Å²) in [7, 11) is 0. The molecule has 2 aromatic rings. The second-order valence-electron chi connectivity index (χ2n) is 5.37. The average molecular weight is 361 g/mol. The Balaban J connectivity index is 2.94. The summed E-state index contributed by atoms with van der Waals surface area (Å²) < 4.78 is 68.0. The van der Waals surface area contributed by atoms with E-state index in [0.717, 1.165) is 30.3 Å². The Kier molecular flexibility index (Phi) is 4.56. The molecule has 0 aliphatic heterocycles. The molecular weight excluding hydrogens is 349 g/mol. The lowest BCUT2D eigenvalue weighted by molar-refractivity contribution is -0.389. The topological polar surface area (TPSA) is 63.4 Å². The van der Waals surface area contributed by atoms with Crippen molar-refractivity contribution in [2.45, 2.75) is 24.6 Å². The normalized spacial score (nSPS) is 14.8. The van der Waals surface area contributed by atoms with Gasteiger partial charge in [0.15, 0.2) is 5.60 Å². The van der Waals surface area contributed by atoms with Crippen molar-refractivity contribution in [2.24, 2.45) is 0 Å². The van der Waals surface area contributed by atoms with Gasteiger partial charge in [-0.25, -0.2) is 0 Å². The van der Waals surface area contributed by atoms with Crippen LogP contribution < -0.4 is 0 Å². The van der Waals surface area contributed by atoms with Crippen LogP contribution in [-0.2, 0) is 5.60 Å². The molecule has 0 bridgehead atoms. The van der Waals surface area contributed by atoms with Crippen LogP contribution in [-0.4, -0.2) is 22.1 Å². The molecule has 0 amide bonds. The van der Waals surface area contributed by atoms with Crippen LogP contribution in [0.4, 0.5) is 27.6 Å². The van der Waals surface area contributed by atoms with Crippen LogP contribution in [0.5, 0.6) is 0 Å². The van der Waals surface area contributed by atoms with Crippen molar-refractivity contribution in [1.29, 1.82) is 0 Å². The first-order valence-electron chi connectivity index (χ1n) is 6.91. The maximum Gasteiger partial charge on any atom is 0.457 e. The van der Waals surface area contributed by atoms with Crippen LogP contribution in [0.25, 0.3) is 0 Å². The fraction of sp³-hybridized carbons (Fsp3) is 0.250. The number of benzene rings is 2. The summed E-state index contributed by atoms with van der Waals surface area (Å²) in [6, 6.07) is 8.23. The lowest BCUT2D eigenvalue weighted by Gasteiger charge is -2.37. The van der Waals surface area contributed by atoms with E-state index in [1.807, 2.05) is 0 Å². The summed E-state index contributed by atoms with van der Waals surface area (Å²) in [5.41, 5.74) is -7.01. The van der Waals surface area contributed by atoms with Crippen LogP contribution in [0.15, 0.2) is 48.5 Å². The highest BCUT2D eigenvalue weighted by Crippen LogP contribution is 2.53. The number of para-hydroxylation sites is 1. The molecule has 1 unspecified atom stereocenters. The van der Waals surface area contributed by atoms with E-state index >= 15 is 0 Å². The number of halogens is 5. The van der Waals surface area contributed by atoms with Crippen LogP contribution in [0.3, 0.4) is 0 Å². The third kappa shape index (κ3) is 2.84. The largest absolute Gasteiger partial charge is 0.457 e. The van der Waals surface area contributed by atoms with E-state index in [1.165, 1.54) is 19.1 Å². The second kappa shape index (κ2) is 6.07. The zero-order valence-electron chi connectivity index (χ0n) is 12.7. The first-order valence-corrected chi connectivity index (χ1v) is 6.91. The van der Waals surface area contributed by atoms with E-state index < -0.39 is 39.4 Å². The van der Waals surface area contributed by atoms with Crippen molar-refractivity contribution < 1.29 is 32.0 Å². The van der Waals surface area contributed by atoms with Crippen molar-refractivity contribution >= 4 is 5.69 Å². The SMILES string of the molecule is Cc1ccccc1C(O)(c1ccccc1[N+](=O)[O-])C(F)(F)C(F)(F)F. The van der Waals surface area contributed by atoms with Crippen molar-refractivity contribution in [3.05, 3.63) is 75.3 Å². The molecule has 134 valence electrons. The monoisotopic (exact) mass is 361 g/mol. The van der Waals surface area contributed by atoms with Gasteiger partial charge in [-0.1, -0.05) is 36.4 Å². The molecule has 0 spiro atoms. The van der Waals surface area contributed by atoms with Gasteiger partial charge in [-0.3, -0.25) is 10.1 Å². The Labute approximate surface area is 138 Å². The van der Waals surface area contributed by atoms with Crippen LogP contribution in [0.2, 0.25) is 0 Å². The van der Waals surface area contributed by atoms with E-state index in [2.05, 4.69) is 0 Å². The Morgan fingerprint density at radius 1 is 0.920 bits per heavy atom. The van der Waals surface area contributed by atoms with E-state index in [0.29, 0.717) is 6.07 Å². The Bertz CT molecular complexity index is 806. The standard InChI is InChI=1S/C16H12F5NO3/c1-10-6-2-3-7-11(10)14(23,15(17,18)16(19,20)21)12-8-4-5-9-13(12)22(24)25/h2-9,23H,1H3. The lowest BCUT2D eigenvalue weighted by Crippen LogP contribution is -2.56. The molecule has 0 fully saturated rings. The number of aliphatic hydroxyl groups is 1. The van der Waals surface area contributed by atoms with Gasteiger partial charge in [-0.05, 0) is 24.1 Å². The molecule has 0 aromatic heterocycles. The highest BCUT2D eigenvalue weighted by atomic mass is 19.4. The van der Waals surface area contributed by atoms with E-state index in [9.17, 15) is 37.2 Å². The number of hydrogen-bond donors (Lipinski definition) is 1. The van der Waals surface area contributed by atoms with Gasteiger partial charge in [0.1, 0.15) is 0 Å². The predicted octanol–water partition coefficient (Wildman–Crippen LogP) is 4.34. The molecule has 9 heteroatoms. The summed E-state index contributed by atoms with van der Waals surface area (Å²) >= 11 is 0. The van der Waals surface area contributed by atoms with Crippen molar-refractivity contribution in [1.82, 2.24) is 0 Å². The smallest absolute Gasteiger partial charge is 0.374 e. The summed E-state index contributed by atoms with van der Waals surface area (Å²) in [6.45, 7) is 1.22. The van der Waals surface area contributed by atoms with Gasteiger partial charge in [0.25, 0.3) is 5.69 Å². The van der Waals surface area contributed by atoms with Gasteiger partial charge < -0.3 is 5.11 Å². The Morgan fingerprint density at radius 3 is 1.88 bits per heavy atom. The second-order valence-corrected chi connectivity index (χ2v) is 5.37. The van der Waals surface area contributed by atoms with Gasteiger partial charge in [0.05, 0.1) is 10.5 Å². The Morgan fingerprint density at radius 2 is 1.40 bits per heavy atom. The van der Waals surface area contributed by atoms with E-state index in [1.54, 1.807) is 0 Å². The zero-order chi connectivity index (χ0) is 19.0. The first-order chi connectivity index (χ1) is 11.4. The maximum absolute atomic E-state index is 14.4. The molecule has 1 N–H and O–H groups in total. The fourth-order valence-electron chi connectivity index (χ4n) is 2.61. The molecular formula is C16H12F5NO3. The number of nitro groups is 1. The number of hydrogen-bond acceptors (Lipinski definition) is 3. The highest BCUT2D eigenvalue weighted by molar-refractivity contribution is 5.52. The minimum absolute atomic E-state index is 0.0768. The van der Waals surface area contributed by atoms with Crippen molar-refractivity contribution in [3.8, 4) is 0 Å². The summed E-state index contributed by atoms with van der Waals surface area (Å²) in [5, 5.41) is 21.8. The number of rotatable bonds is 4. The number of alkyl halides is 5. The third-order valence-corrected chi connectivity index (χ3v) is 3.84. The van der Waals surface area contributed by atoms with Gasteiger partial charge in [-0.15, -0.1) is 0 Å². The van der Waals surface area contributed by atoms with Gasteiger partial charge in [0.2, 0.25) is 0 Å². The summed E-state index contributed by atoms with van der Waals surface area (Å²) in [4.78, 5) is 10.0. The predicted molar refractivity (Wildman–Crippen MR) is 78.3 cm³/mol. The molecule has 0 saturated carbocycles. The number of aryl methyl sites for hydroxylation is 1. The average Bonchev–Trinajstić information content (AvgIpc) is 2.53. The molecule has 0 aliphatic carbocycles. The van der Waals surface area contributed by atoms with Crippen LogP contribution in [0, 0.1) is 17.0 Å². The van der Waals surface area contributed by atoms with Crippen molar-refractivity contribution in [3.63, 3.8) is 0 Å². The van der Waals surface area contributed by atoms with Gasteiger partial charge in [0, 0.05) is 6.07 Å². The molecule has 4 nitrogen and oxygen atoms in total. The quantitative estimate of drug-likeness (QED) is 0.501. The van der Waals surface area contributed by atoms with Crippen molar-refractivity contribution in [2.75, 3.05) is 0 Å². The van der Waals surface area contributed by atoms with Crippen LogP contribution in [0.1, 0.15) is 16.7 Å². The minimum Gasteiger partial charge on any atom is -0.374 e. The summed E-state index contributed by atoms with van der Waals surface area (Å²) in [6.07, 6.45) is -6.15. The molecule has 1 atom stereocenters. The number of nitrogens with zero attached hydrogens (tertiary/aromatic N) is 1. The first kappa shape index (κ1) is 18.8. The third-order valence-electron chi connectivity index (χ3n) is 3.84. The highest BCUT2D eigenvalue weighted by Gasteiger charge is 2.72. The zero-order valence-corrected chi connectivity index (χ0v) is 12.7. The molecule has 25 heavy (non-hydrogen) atoms. The Hall–Kier alpha value is -2.55. The van der Waals surface area contributed by atoms with E-state index in [4.69, 9.17) is 0 Å². The summed E-state index contributed by atoms with van der Waals surface area (Å²) in [5.74, 6) is -5.68. The molecule has 0 heterocycles. The molecule has 0 saturated heterocycles. The van der Waals surface area contributed by atoms with Gasteiger partial charge >= 0.3 is 12.1 Å².